The van der Waals surface area contributed by atoms with Crippen molar-refractivity contribution in [2.24, 2.45) is 4.99 Å². The number of hydrogen-bond donors (Lipinski definition) is 0. The Morgan fingerprint density at radius 2 is 1.89 bits per heavy atom. The van der Waals surface area contributed by atoms with Crippen LogP contribution in [0.25, 0.3) is 28.6 Å². The van der Waals surface area contributed by atoms with Crippen LogP contribution in [0.2, 0.25) is 10.0 Å². The molecule has 6 heteroatoms. The van der Waals surface area contributed by atoms with Gasteiger partial charge in [0.25, 0.3) is 0 Å². The molecule has 4 aromatic rings. The van der Waals surface area contributed by atoms with Gasteiger partial charge in [-0.3, -0.25) is 4.99 Å². The lowest BCUT2D eigenvalue weighted by atomic mass is 10.2. The van der Waals surface area contributed by atoms with Crippen LogP contribution in [0.15, 0.2) is 76.1 Å². The third-order valence-corrected chi connectivity index (χ3v) is 5.22. The number of benzene rings is 3. The molecule has 1 aromatic heterocycles. The molecule has 0 unspecified atom stereocenters. The number of aliphatic imine (C=N–C) groups is 1. The van der Waals surface area contributed by atoms with Crippen molar-refractivity contribution in [3.05, 3.63) is 85.9 Å². The van der Waals surface area contributed by atoms with Crippen LogP contribution in [0.1, 0.15) is 5.56 Å². The Kier molecular flexibility index (Phi) is 5.80. The van der Waals surface area contributed by atoms with Crippen LogP contribution >= 0.6 is 45.8 Å². The maximum atomic E-state index is 6.15. The van der Waals surface area contributed by atoms with Crippen molar-refractivity contribution in [3.63, 3.8) is 0 Å². The Morgan fingerprint density at radius 3 is 2.71 bits per heavy atom. The first-order valence-electron chi connectivity index (χ1n) is 8.41. The van der Waals surface area contributed by atoms with E-state index in [1.165, 1.54) is 0 Å². The van der Waals surface area contributed by atoms with Crippen LogP contribution in [0.5, 0.6) is 0 Å². The van der Waals surface area contributed by atoms with Crippen LogP contribution < -0.4 is 0 Å². The molecule has 0 N–H and O–H groups in total. The predicted molar refractivity (Wildman–Crippen MR) is 126 cm³/mol. The van der Waals surface area contributed by atoms with Crippen molar-refractivity contribution in [3.8, 4) is 11.5 Å². The molecule has 0 atom stereocenters. The molecular formula is C22H13Cl2IN2O. The highest BCUT2D eigenvalue weighted by Crippen LogP contribution is 2.28. The summed E-state index contributed by atoms with van der Waals surface area (Å²) in [6.45, 7) is 0. The van der Waals surface area contributed by atoms with Crippen molar-refractivity contribution in [1.29, 1.82) is 0 Å². The summed E-state index contributed by atoms with van der Waals surface area (Å²) in [7, 11) is 0. The SMILES string of the molecule is Clc1ccc(/C=C/C=Nc2ccc3oc(-c4cccc(I)c4)nc3c2)c(Cl)c1. The van der Waals surface area contributed by atoms with Gasteiger partial charge in [-0.1, -0.05) is 41.4 Å². The lowest BCUT2D eigenvalue weighted by molar-refractivity contribution is 0.620. The summed E-state index contributed by atoms with van der Waals surface area (Å²) in [6, 6.07) is 19.1. The van der Waals surface area contributed by atoms with Crippen LogP contribution in [0.4, 0.5) is 5.69 Å². The zero-order valence-electron chi connectivity index (χ0n) is 14.4. The fourth-order valence-electron chi connectivity index (χ4n) is 2.65. The number of nitrogens with zero attached hydrogens (tertiary/aromatic N) is 2. The van der Waals surface area contributed by atoms with E-state index in [1.807, 2.05) is 60.7 Å². The molecule has 0 aliphatic heterocycles. The molecule has 3 nitrogen and oxygen atoms in total. The van der Waals surface area contributed by atoms with E-state index in [0.717, 1.165) is 31.5 Å². The highest BCUT2D eigenvalue weighted by molar-refractivity contribution is 14.1. The number of fused-ring (bicyclic) bond motifs is 1. The van der Waals surface area contributed by atoms with Gasteiger partial charge in [0.15, 0.2) is 5.58 Å². The van der Waals surface area contributed by atoms with E-state index in [4.69, 9.17) is 27.6 Å². The van der Waals surface area contributed by atoms with Crippen molar-refractivity contribution in [2.75, 3.05) is 0 Å². The van der Waals surface area contributed by atoms with E-state index in [-0.39, 0.29) is 0 Å². The number of rotatable bonds is 4. The van der Waals surface area contributed by atoms with Gasteiger partial charge in [-0.2, -0.15) is 0 Å². The zero-order chi connectivity index (χ0) is 19.5. The number of halogens is 3. The second kappa shape index (κ2) is 8.47. The smallest absolute Gasteiger partial charge is 0.227 e. The van der Waals surface area contributed by atoms with Gasteiger partial charge in [0.2, 0.25) is 5.89 Å². The largest absolute Gasteiger partial charge is 0.436 e. The predicted octanol–water partition coefficient (Wildman–Crippen LogP) is 7.82. The Bertz CT molecular complexity index is 1210. The van der Waals surface area contributed by atoms with Crippen LogP contribution in [-0.4, -0.2) is 11.2 Å². The summed E-state index contributed by atoms with van der Waals surface area (Å²) in [5.74, 6) is 0.604. The van der Waals surface area contributed by atoms with E-state index in [9.17, 15) is 0 Å². The van der Waals surface area contributed by atoms with E-state index >= 15 is 0 Å². The summed E-state index contributed by atoms with van der Waals surface area (Å²) < 4.78 is 7.00. The molecule has 28 heavy (non-hydrogen) atoms. The molecule has 4 rings (SSSR count). The molecule has 0 saturated carbocycles. The molecule has 0 aliphatic rings. The first-order valence-corrected chi connectivity index (χ1v) is 10.2. The quantitative estimate of drug-likeness (QED) is 0.204. The van der Waals surface area contributed by atoms with Gasteiger partial charge in [-0.25, -0.2) is 4.98 Å². The lowest BCUT2D eigenvalue weighted by Crippen LogP contribution is -1.78. The highest BCUT2D eigenvalue weighted by Gasteiger charge is 2.08. The van der Waals surface area contributed by atoms with Crippen LogP contribution in [0, 0.1) is 3.57 Å². The maximum absolute atomic E-state index is 6.15. The highest BCUT2D eigenvalue weighted by atomic mass is 127. The number of hydrogen-bond acceptors (Lipinski definition) is 3. The van der Waals surface area contributed by atoms with Gasteiger partial charge in [0.1, 0.15) is 5.52 Å². The third-order valence-electron chi connectivity index (χ3n) is 3.99. The van der Waals surface area contributed by atoms with Gasteiger partial charge in [0.05, 0.1) is 5.69 Å². The fourth-order valence-corrected chi connectivity index (χ4v) is 3.67. The summed E-state index contributed by atoms with van der Waals surface area (Å²) in [4.78, 5) is 9.04. The maximum Gasteiger partial charge on any atom is 0.227 e. The summed E-state index contributed by atoms with van der Waals surface area (Å²) in [6.07, 6.45) is 5.43. The Balaban J connectivity index is 1.54. The van der Waals surface area contributed by atoms with Crippen molar-refractivity contribution in [2.45, 2.75) is 0 Å². The first-order chi connectivity index (χ1) is 13.6. The van der Waals surface area contributed by atoms with E-state index in [0.29, 0.717) is 15.9 Å². The third kappa shape index (κ3) is 4.46. The Labute approximate surface area is 185 Å². The fraction of sp³-hybridized carbons (Fsp3) is 0. The summed E-state index contributed by atoms with van der Waals surface area (Å²) >= 11 is 14.3. The molecular weight excluding hydrogens is 506 g/mol. The van der Waals surface area contributed by atoms with Gasteiger partial charge in [0, 0.05) is 25.4 Å². The molecule has 138 valence electrons. The first kappa shape index (κ1) is 19.2. The monoisotopic (exact) mass is 518 g/mol. The molecule has 0 fully saturated rings. The molecule has 0 saturated heterocycles. The molecule has 0 radical (unpaired) electrons. The number of aromatic nitrogens is 1. The van der Waals surface area contributed by atoms with Crippen LogP contribution in [-0.2, 0) is 0 Å². The van der Waals surface area contributed by atoms with Crippen LogP contribution in [0.3, 0.4) is 0 Å². The van der Waals surface area contributed by atoms with E-state index in [1.54, 1.807) is 18.3 Å². The molecule has 0 spiro atoms. The summed E-state index contributed by atoms with van der Waals surface area (Å²) in [5, 5.41) is 1.21. The zero-order valence-corrected chi connectivity index (χ0v) is 18.1. The van der Waals surface area contributed by atoms with Gasteiger partial charge < -0.3 is 4.42 Å². The minimum absolute atomic E-state index is 0.601. The van der Waals surface area contributed by atoms with Gasteiger partial charge >= 0.3 is 0 Å². The number of allylic oxidation sites excluding steroid dienone is 1. The van der Waals surface area contributed by atoms with E-state index in [2.05, 4.69) is 32.6 Å². The molecule has 3 aromatic carbocycles. The van der Waals surface area contributed by atoms with Crippen molar-refractivity contribution >= 4 is 74.9 Å². The molecule has 0 bridgehead atoms. The second-order valence-corrected chi connectivity index (χ2v) is 8.07. The van der Waals surface area contributed by atoms with Crippen molar-refractivity contribution in [1.82, 2.24) is 4.98 Å². The normalized spacial score (nSPS) is 11.8. The van der Waals surface area contributed by atoms with E-state index < -0.39 is 0 Å². The van der Waals surface area contributed by atoms with Gasteiger partial charge in [-0.05, 0) is 82.8 Å². The average Bonchev–Trinajstić information content (AvgIpc) is 3.10. The topological polar surface area (TPSA) is 38.4 Å². The number of oxazole rings is 1. The van der Waals surface area contributed by atoms with Gasteiger partial charge in [-0.15, -0.1) is 0 Å². The molecule has 0 amide bonds. The minimum Gasteiger partial charge on any atom is -0.436 e. The van der Waals surface area contributed by atoms with Crippen molar-refractivity contribution < 1.29 is 4.42 Å². The standard InChI is InChI=1S/C22H13Cl2IN2O/c23-16-7-6-14(19(24)12-16)4-2-10-26-18-8-9-21-20(13-18)27-22(28-21)15-3-1-5-17(25)11-15/h1-13H/b4-2+,26-10?. The molecule has 0 aliphatic carbocycles. The summed E-state index contributed by atoms with van der Waals surface area (Å²) in [5.41, 5.74) is 4.13. The average molecular weight is 519 g/mol. The molecule has 1 heterocycles. The Hall–Kier alpha value is -2.15. The lowest BCUT2D eigenvalue weighted by Gasteiger charge is -1.97. The minimum atomic E-state index is 0.601. The Morgan fingerprint density at radius 1 is 1.00 bits per heavy atom. The second-order valence-electron chi connectivity index (χ2n) is 5.98.